The van der Waals surface area contributed by atoms with Gasteiger partial charge in [0.1, 0.15) is 0 Å². The second kappa shape index (κ2) is 5.09. The Balaban J connectivity index is 2.17. The van der Waals surface area contributed by atoms with Crippen molar-refractivity contribution in [2.24, 2.45) is 0 Å². The topological polar surface area (TPSA) is 38.0 Å². The molecule has 0 saturated heterocycles. The molecule has 2 rings (SSSR count). The number of anilines is 2. The predicted molar refractivity (Wildman–Crippen MR) is 72.8 cm³/mol. The van der Waals surface area contributed by atoms with Crippen molar-refractivity contribution in [1.29, 1.82) is 0 Å². The highest BCUT2D eigenvalue weighted by molar-refractivity contribution is 5.51. The molecule has 0 atom stereocenters. The van der Waals surface area contributed by atoms with Crippen LogP contribution in [0.1, 0.15) is 11.1 Å². The molecule has 0 aromatic heterocycles. The monoisotopic (exact) mass is 222 g/mol. The summed E-state index contributed by atoms with van der Waals surface area (Å²) in [6.07, 6.45) is 0. The molecule has 0 amide bonds. The Bertz CT molecular complexity index is 542. The van der Waals surface area contributed by atoms with Gasteiger partial charge in [0.25, 0.3) is 0 Å². The summed E-state index contributed by atoms with van der Waals surface area (Å²) in [5.41, 5.74) is 9.43. The first-order valence-corrected chi connectivity index (χ1v) is 5.43. The van der Waals surface area contributed by atoms with Gasteiger partial charge < -0.3 is 11.1 Å². The van der Waals surface area contributed by atoms with Gasteiger partial charge in [-0.15, -0.1) is 0 Å². The van der Waals surface area contributed by atoms with Crippen LogP contribution in [0.4, 0.5) is 11.4 Å². The van der Waals surface area contributed by atoms with Gasteiger partial charge in [0.05, 0.1) is 0 Å². The molecule has 84 valence electrons. The van der Waals surface area contributed by atoms with Crippen molar-refractivity contribution < 1.29 is 0 Å². The van der Waals surface area contributed by atoms with E-state index in [1.165, 1.54) is 0 Å². The lowest BCUT2D eigenvalue weighted by molar-refractivity contribution is 1.50. The van der Waals surface area contributed by atoms with Gasteiger partial charge in [-0.05, 0) is 48.5 Å². The van der Waals surface area contributed by atoms with Gasteiger partial charge in [0.2, 0.25) is 0 Å². The van der Waals surface area contributed by atoms with E-state index < -0.39 is 0 Å². The minimum absolute atomic E-state index is 0.758. The molecule has 0 unspecified atom stereocenters. The van der Waals surface area contributed by atoms with E-state index >= 15 is 0 Å². The van der Waals surface area contributed by atoms with Gasteiger partial charge in [0, 0.05) is 29.5 Å². The van der Waals surface area contributed by atoms with E-state index in [1.54, 1.807) is 0 Å². The summed E-state index contributed by atoms with van der Waals surface area (Å²) in [6.45, 7) is 0. The van der Waals surface area contributed by atoms with Crippen LogP contribution in [0.25, 0.3) is 0 Å². The maximum absolute atomic E-state index is 5.61. The highest BCUT2D eigenvalue weighted by Gasteiger charge is 1.89. The first-order chi connectivity index (χ1) is 8.28. The van der Waals surface area contributed by atoms with E-state index in [1.807, 2.05) is 55.6 Å². The fraction of sp³-hybridized carbons (Fsp3) is 0.0667. The van der Waals surface area contributed by atoms with Gasteiger partial charge >= 0.3 is 0 Å². The average molecular weight is 222 g/mol. The Morgan fingerprint density at radius 1 is 0.824 bits per heavy atom. The number of nitrogens with two attached hydrogens (primary N) is 1. The van der Waals surface area contributed by atoms with E-state index in [2.05, 4.69) is 17.2 Å². The standard InChI is InChI=1S/C15H14N2/c1-17-15-10-6-13(7-11-15)3-2-12-4-8-14(16)9-5-12/h4-11,17H,16H2,1H3. The highest BCUT2D eigenvalue weighted by atomic mass is 14.8. The van der Waals surface area contributed by atoms with E-state index in [0.717, 1.165) is 22.5 Å². The lowest BCUT2D eigenvalue weighted by Crippen LogP contribution is -1.86. The van der Waals surface area contributed by atoms with Gasteiger partial charge in [-0.2, -0.15) is 0 Å². The fourth-order valence-corrected chi connectivity index (χ4v) is 1.43. The normalized spacial score (nSPS) is 9.24. The molecule has 0 spiro atoms. The van der Waals surface area contributed by atoms with Crippen LogP contribution < -0.4 is 11.1 Å². The molecule has 0 bridgehead atoms. The largest absolute Gasteiger partial charge is 0.399 e. The van der Waals surface area contributed by atoms with Gasteiger partial charge in [0.15, 0.2) is 0 Å². The number of benzene rings is 2. The van der Waals surface area contributed by atoms with Crippen molar-refractivity contribution >= 4 is 11.4 Å². The zero-order chi connectivity index (χ0) is 12.1. The minimum atomic E-state index is 0.758. The zero-order valence-corrected chi connectivity index (χ0v) is 9.70. The summed E-state index contributed by atoms with van der Waals surface area (Å²) < 4.78 is 0. The second-order valence-electron chi connectivity index (χ2n) is 3.70. The van der Waals surface area contributed by atoms with Crippen LogP contribution in [0.2, 0.25) is 0 Å². The molecular formula is C15H14N2. The van der Waals surface area contributed by atoms with Crippen LogP contribution in [0, 0.1) is 11.8 Å². The van der Waals surface area contributed by atoms with E-state index in [-0.39, 0.29) is 0 Å². The molecular weight excluding hydrogens is 208 g/mol. The van der Waals surface area contributed by atoms with Crippen molar-refractivity contribution in [1.82, 2.24) is 0 Å². The molecule has 17 heavy (non-hydrogen) atoms. The van der Waals surface area contributed by atoms with Crippen LogP contribution in [0.3, 0.4) is 0 Å². The average Bonchev–Trinajstić information content (AvgIpc) is 2.39. The maximum atomic E-state index is 5.61. The van der Waals surface area contributed by atoms with Gasteiger partial charge in [-0.3, -0.25) is 0 Å². The minimum Gasteiger partial charge on any atom is -0.399 e. The van der Waals surface area contributed by atoms with E-state index in [9.17, 15) is 0 Å². The van der Waals surface area contributed by atoms with Crippen molar-refractivity contribution in [3.8, 4) is 11.8 Å². The molecule has 0 aliphatic heterocycles. The lowest BCUT2D eigenvalue weighted by atomic mass is 10.1. The zero-order valence-electron chi connectivity index (χ0n) is 9.70. The first kappa shape index (κ1) is 11.1. The Hall–Kier alpha value is -2.40. The predicted octanol–water partition coefficient (Wildman–Crippen LogP) is 2.71. The van der Waals surface area contributed by atoms with Crippen molar-refractivity contribution in [3.05, 3.63) is 59.7 Å². The fourth-order valence-electron chi connectivity index (χ4n) is 1.43. The van der Waals surface area contributed by atoms with Crippen LogP contribution in [0.5, 0.6) is 0 Å². The summed E-state index contributed by atoms with van der Waals surface area (Å²) in [4.78, 5) is 0. The Morgan fingerprint density at radius 3 is 1.76 bits per heavy atom. The van der Waals surface area contributed by atoms with E-state index in [4.69, 9.17) is 5.73 Å². The number of hydrogen-bond acceptors (Lipinski definition) is 2. The SMILES string of the molecule is CNc1ccc(C#Cc2ccc(N)cc2)cc1. The summed E-state index contributed by atoms with van der Waals surface area (Å²) in [5, 5.41) is 3.07. The Morgan fingerprint density at radius 2 is 1.29 bits per heavy atom. The van der Waals surface area contributed by atoms with E-state index in [0.29, 0.717) is 0 Å². The van der Waals surface area contributed by atoms with Crippen LogP contribution in [-0.2, 0) is 0 Å². The van der Waals surface area contributed by atoms with Crippen LogP contribution >= 0.6 is 0 Å². The van der Waals surface area contributed by atoms with Crippen molar-refractivity contribution in [2.75, 3.05) is 18.1 Å². The molecule has 2 aromatic rings. The second-order valence-corrected chi connectivity index (χ2v) is 3.70. The molecule has 0 saturated carbocycles. The summed E-state index contributed by atoms with van der Waals surface area (Å²) in [7, 11) is 1.90. The quantitative estimate of drug-likeness (QED) is 0.575. The molecule has 2 nitrogen and oxygen atoms in total. The molecule has 2 heteroatoms. The summed E-state index contributed by atoms with van der Waals surface area (Å²) in [6, 6.07) is 15.6. The van der Waals surface area contributed by atoms with Gasteiger partial charge in [-0.25, -0.2) is 0 Å². The van der Waals surface area contributed by atoms with Crippen LogP contribution in [0.15, 0.2) is 48.5 Å². The molecule has 0 aliphatic carbocycles. The number of hydrogen-bond donors (Lipinski definition) is 2. The molecule has 0 radical (unpaired) electrons. The molecule has 0 fully saturated rings. The Labute approximate surface area is 101 Å². The van der Waals surface area contributed by atoms with Gasteiger partial charge in [-0.1, -0.05) is 11.8 Å². The number of rotatable bonds is 1. The number of nitrogen functional groups attached to an aromatic ring is 1. The lowest BCUT2D eigenvalue weighted by Gasteiger charge is -1.97. The van der Waals surface area contributed by atoms with Crippen molar-refractivity contribution in [3.63, 3.8) is 0 Å². The van der Waals surface area contributed by atoms with Crippen molar-refractivity contribution in [2.45, 2.75) is 0 Å². The molecule has 3 N–H and O–H groups in total. The Kier molecular flexibility index (Phi) is 3.32. The third kappa shape index (κ3) is 3.02. The summed E-state index contributed by atoms with van der Waals surface area (Å²) >= 11 is 0. The third-order valence-corrected chi connectivity index (χ3v) is 2.44. The first-order valence-electron chi connectivity index (χ1n) is 5.43. The smallest absolute Gasteiger partial charge is 0.0338 e. The maximum Gasteiger partial charge on any atom is 0.0338 e. The molecule has 2 aromatic carbocycles. The summed E-state index contributed by atoms with van der Waals surface area (Å²) in [5.74, 6) is 6.21. The molecule has 0 heterocycles. The van der Waals surface area contributed by atoms with Crippen LogP contribution in [-0.4, -0.2) is 7.05 Å². The molecule has 0 aliphatic rings. The highest BCUT2D eigenvalue weighted by Crippen LogP contribution is 2.08. The third-order valence-electron chi connectivity index (χ3n) is 2.44. The number of nitrogens with one attached hydrogen (secondary N) is 1.